The molecule has 7 nitrogen and oxygen atoms in total. The van der Waals surface area contributed by atoms with Gasteiger partial charge in [-0.3, -0.25) is 9.78 Å². The van der Waals surface area contributed by atoms with E-state index in [2.05, 4.69) is 20.6 Å². The number of carbonyl (C=O) groups is 2. The van der Waals surface area contributed by atoms with E-state index < -0.39 is 11.6 Å². The van der Waals surface area contributed by atoms with Gasteiger partial charge in [0.1, 0.15) is 9.88 Å². The Hall–Kier alpha value is -2.48. The van der Waals surface area contributed by atoms with Crippen LogP contribution in [0, 0.1) is 6.92 Å². The maximum absolute atomic E-state index is 12.5. The Kier molecular flexibility index (Phi) is 6.08. The molecule has 8 heteroatoms. The molecule has 0 fully saturated rings. The number of pyridine rings is 1. The van der Waals surface area contributed by atoms with Crippen molar-refractivity contribution in [2.75, 3.05) is 13.2 Å². The Bertz CT molecular complexity index is 744. The molecule has 0 saturated heterocycles. The van der Waals surface area contributed by atoms with Crippen LogP contribution < -0.4 is 10.6 Å². The zero-order valence-corrected chi connectivity index (χ0v) is 15.6. The highest BCUT2D eigenvalue weighted by atomic mass is 32.1. The van der Waals surface area contributed by atoms with Crippen LogP contribution in [0.15, 0.2) is 24.5 Å². The van der Waals surface area contributed by atoms with Crippen LogP contribution in [0.3, 0.4) is 0 Å². The number of ether oxygens (including phenoxy) is 1. The normalized spacial score (nSPS) is 11.0. The molecule has 0 bridgehead atoms. The lowest BCUT2D eigenvalue weighted by Crippen LogP contribution is -2.51. The van der Waals surface area contributed by atoms with Gasteiger partial charge in [0.2, 0.25) is 0 Å². The molecule has 0 saturated carbocycles. The number of amides is 2. The lowest BCUT2D eigenvalue weighted by atomic mass is 10.1. The van der Waals surface area contributed by atoms with Crippen LogP contribution in [-0.4, -0.2) is 40.7 Å². The Balaban J connectivity index is 2.02. The van der Waals surface area contributed by atoms with Gasteiger partial charge < -0.3 is 15.4 Å². The van der Waals surface area contributed by atoms with Crippen LogP contribution in [0.25, 0.3) is 10.6 Å². The third-order valence-corrected chi connectivity index (χ3v) is 4.52. The van der Waals surface area contributed by atoms with Crippen molar-refractivity contribution in [2.24, 2.45) is 0 Å². The minimum Gasteiger partial charge on any atom is -0.450 e. The summed E-state index contributed by atoms with van der Waals surface area (Å²) in [7, 11) is 0. The second-order valence-corrected chi connectivity index (χ2v) is 7.09. The van der Waals surface area contributed by atoms with Gasteiger partial charge in [0.05, 0.1) is 17.8 Å². The number of carbonyl (C=O) groups excluding carboxylic acids is 2. The van der Waals surface area contributed by atoms with E-state index in [1.54, 1.807) is 26.2 Å². The molecule has 2 N–H and O–H groups in total. The van der Waals surface area contributed by atoms with Gasteiger partial charge in [-0.05, 0) is 39.8 Å². The summed E-state index contributed by atoms with van der Waals surface area (Å²) < 4.78 is 4.86. The molecule has 134 valence electrons. The van der Waals surface area contributed by atoms with Crippen LogP contribution in [-0.2, 0) is 4.74 Å². The molecule has 25 heavy (non-hydrogen) atoms. The summed E-state index contributed by atoms with van der Waals surface area (Å²) in [5.74, 6) is -0.219. The number of thiazole rings is 1. The molecule has 0 unspecified atom stereocenters. The van der Waals surface area contributed by atoms with E-state index in [9.17, 15) is 9.59 Å². The predicted octanol–water partition coefficient (Wildman–Crippen LogP) is 2.77. The van der Waals surface area contributed by atoms with Crippen molar-refractivity contribution in [3.05, 3.63) is 35.1 Å². The average molecular weight is 362 g/mol. The van der Waals surface area contributed by atoms with Crippen LogP contribution in [0.1, 0.15) is 36.1 Å². The molecule has 0 aliphatic carbocycles. The minimum atomic E-state index is -0.632. The molecular formula is C17H22N4O3S. The lowest BCUT2D eigenvalue weighted by molar-refractivity contribution is 0.0940. The molecule has 2 aromatic rings. The first-order chi connectivity index (χ1) is 11.8. The topological polar surface area (TPSA) is 93.2 Å². The third-order valence-electron chi connectivity index (χ3n) is 3.32. The van der Waals surface area contributed by atoms with Crippen molar-refractivity contribution >= 4 is 23.3 Å². The van der Waals surface area contributed by atoms with Crippen molar-refractivity contribution in [1.29, 1.82) is 0 Å². The molecule has 0 radical (unpaired) electrons. The first kappa shape index (κ1) is 18.9. The second kappa shape index (κ2) is 8.06. The van der Waals surface area contributed by atoms with Crippen molar-refractivity contribution in [3.63, 3.8) is 0 Å². The third kappa shape index (κ3) is 5.25. The number of alkyl carbamates (subject to hydrolysis) is 1. The van der Waals surface area contributed by atoms with E-state index in [0.29, 0.717) is 17.2 Å². The summed E-state index contributed by atoms with van der Waals surface area (Å²) in [5, 5.41) is 6.30. The monoisotopic (exact) mass is 362 g/mol. The molecule has 0 aliphatic heterocycles. The van der Waals surface area contributed by atoms with Crippen LogP contribution >= 0.6 is 11.3 Å². The molecule has 2 heterocycles. The van der Waals surface area contributed by atoms with Gasteiger partial charge in [-0.2, -0.15) is 0 Å². The second-order valence-electron chi connectivity index (χ2n) is 6.09. The average Bonchev–Trinajstić information content (AvgIpc) is 2.95. The largest absolute Gasteiger partial charge is 0.450 e. The van der Waals surface area contributed by atoms with Crippen molar-refractivity contribution in [1.82, 2.24) is 20.6 Å². The Labute approximate surface area is 150 Å². The van der Waals surface area contributed by atoms with Gasteiger partial charge in [0.25, 0.3) is 5.91 Å². The van der Waals surface area contributed by atoms with Crippen molar-refractivity contribution in [2.45, 2.75) is 33.2 Å². The minimum absolute atomic E-state index is 0.219. The fourth-order valence-corrected chi connectivity index (χ4v) is 3.06. The number of aryl methyl sites for hydroxylation is 1. The lowest BCUT2D eigenvalue weighted by Gasteiger charge is -2.25. The molecule has 0 aromatic carbocycles. The SMILES string of the molecule is CCOC(=O)NC(C)(C)CNC(=O)c1sc(-c2cccnc2)nc1C. The molecule has 2 rings (SSSR count). The summed E-state index contributed by atoms with van der Waals surface area (Å²) in [6, 6.07) is 3.73. The van der Waals surface area contributed by atoms with Crippen LogP contribution in [0.4, 0.5) is 4.79 Å². The standard InChI is InChI=1S/C17H22N4O3S/c1-5-24-16(23)21-17(3,4)10-19-14(22)13-11(2)20-15(25-13)12-7-6-8-18-9-12/h6-9H,5,10H2,1-4H3,(H,19,22)(H,21,23). The van der Waals surface area contributed by atoms with E-state index in [-0.39, 0.29) is 12.5 Å². The maximum atomic E-state index is 12.5. The number of hydrogen-bond donors (Lipinski definition) is 2. The highest BCUT2D eigenvalue weighted by molar-refractivity contribution is 7.17. The summed E-state index contributed by atoms with van der Waals surface area (Å²) in [6.07, 6.45) is 2.90. The molecular weight excluding hydrogens is 340 g/mol. The first-order valence-corrected chi connectivity index (χ1v) is 8.75. The van der Waals surface area contributed by atoms with E-state index >= 15 is 0 Å². The number of nitrogens with one attached hydrogen (secondary N) is 2. The van der Waals surface area contributed by atoms with E-state index in [4.69, 9.17) is 4.74 Å². The summed E-state index contributed by atoms with van der Waals surface area (Å²) >= 11 is 1.32. The zero-order valence-electron chi connectivity index (χ0n) is 14.8. The predicted molar refractivity (Wildman–Crippen MR) is 96.7 cm³/mol. The smallest absolute Gasteiger partial charge is 0.407 e. The highest BCUT2D eigenvalue weighted by Crippen LogP contribution is 2.27. The van der Waals surface area contributed by atoms with Crippen molar-refractivity contribution < 1.29 is 14.3 Å². The van der Waals surface area contributed by atoms with E-state index in [0.717, 1.165) is 10.6 Å². The molecule has 0 aliphatic rings. The van der Waals surface area contributed by atoms with Gasteiger partial charge in [-0.1, -0.05) is 0 Å². The van der Waals surface area contributed by atoms with E-state index in [1.165, 1.54) is 11.3 Å². The summed E-state index contributed by atoms with van der Waals surface area (Å²) in [4.78, 5) is 33.1. The molecule has 2 aromatic heterocycles. The van der Waals surface area contributed by atoms with Crippen LogP contribution in [0.5, 0.6) is 0 Å². The fourth-order valence-electron chi connectivity index (χ4n) is 2.09. The quantitative estimate of drug-likeness (QED) is 0.824. The summed E-state index contributed by atoms with van der Waals surface area (Å²) in [6.45, 7) is 7.72. The van der Waals surface area contributed by atoms with Gasteiger partial charge in [0, 0.05) is 24.5 Å². The van der Waals surface area contributed by atoms with Crippen LogP contribution in [0.2, 0.25) is 0 Å². The first-order valence-electron chi connectivity index (χ1n) is 7.93. The Morgan fingerprint density at radius 1 is 1.36 bits per heavy atom. The fraction of sp³-hybridized carbons (Fsp3) is 0.412. The maximum Gasteiger partial charge on any atom is 0.407 e. The highest BCUT2D eigenvalue weighted by Gasteiger charge is 2.23. The van der Waals surface area contributed by atoms with E-state index in [1.807, 2.05) is 26.0 Å². The zero-order chi connectivity index (χ0) is 18.4. The molecule has 2 amide bonds. The number of rotatable bonds is 6. The molecule has 0 atom stereocenters. The van der Waals surface area contributed by atoms with Gasteiger partial charge >= 0.3 is 6.09 Å². The number of hydrogen-bond acceptors (Lipinski definition) is 6. The number of nitrogens with zero attached hydrogens (tertiary/aromatic N) is 2. The van der Waals surface area contributed by atoms with Crippen molar-refractivity contribution in [3.8, 4) is 10.6 Å². The number of aromatic nitrogens is 2. The summed E-state index contributed by atoms with van der Waals surface area (Å²) in [5.41, 5.74) is 0.906. The van der Waals surface area contributed by atoms with Gasteiger partial charge in [0.15, 0.2) is 0 Å². The Morgan fingerprint density at radius 3 is 2.76 bits per heavy atom. The van der Waals surface area contributed by atoms with Gasteiger partial charge in [-0.15, -0.1) is 11.3 Å². The molecule has 0 spiro atoms. The van der Waals surface area contributed by atoms with Gasteiger partial charge in [-0.25, -0.2) is 9.78 Å². The Morgan fingerprint density at radius 2 is 2.12 bits per heavy atom.